The minimum absolute atomic E-state index is 0.647. The Bertz CT molecular complexity index is 214. The van der Waals surface area contributed by atoms with Crippen LogP contribution in [0.25, 0.3) is 0 Å². The van der Waals surface area contributed by atoms with E-state index < -0.39 is 0 Å². The molecule has 0 aromatic heterocycles. The Labute approximate surface area is 113 Å². The minimum atomic E-state index is 0.647. The van der Waals surface area contributed by atoms with E-state index in [0.717, 1.165) is 23.7 Å². The predicted octanol–water partition coefficient (Wildman–Crippen LogP) is 5.33. The molecule has 1 heteroatoms. The summed E-state index contributed by atoms with van der Waals surface area (Å²) in [5.41, 5.74) is 0. The van der Waals surface area contributed by atoms with Crippen LogP contribution >= 0.6 is 12.6 Å². The highest BCUT2D eigenvalue weighted by atomic mass is 32.1. The zero-order chi connectivity index (χ0) is 12.3. The minimum Gasteiger partial charge on any atom is -0.176 e. The van der Waals surface area contributed by atoms with Gasteiger partial charge in [-0.1, -0.05) is 65.2 Å². The smallest absolute Gasteiger partial charge is 0.00477 e. The summed E-state index contributed by atoms with van der Waals surface area (Å²) in [6.07, 6.45) is 13.1. The summed E-state index contributed by atoms with van der Waals surface area (Å²) >= 11 is 4.93. The van der Waals surface area contributed by atoms with Crippen LogP contribution in [-0.2, 0) is 0 Å². The van der Waals surface area contributed by atoms with Gasteiger partial charge in [-0.25, -0.2) is 0 Å². The lowest BCUT2D eigenvalue weighted by Crippen LogP contribution is -2.32. The molecule has 0 amide bonds. The van der Waals surface area contributed by atoms with Gasteiger partial charge in [-0.15, -0.1) is 0 Å². The third-order valence-electron chi connectivity index (χ3n) is 5.56. The molecule has 2 saturated carbocycles. The lowest BCUT2D eigenvalue weighted by Gasteiger charge is -2.37. The SMILES string of the molecule is CCC(S)C(C1CCCC1)C(C)C1CCCC1. The second-order valence-electron chi connectivity index (χ2n) is 6.50. The van der Waals surface area contributed by atoms with Crippen LogP contribution in [-0.4, -0.2) is 5.25 Å². The molecule has 100 valence electrons. The lowest BCUT2D eigenvalue weighted by atomic mass is 9.72. The average Bonchev–Trinajstić information content (AvgIpc) is 3.01. The molecule has 0 radical (unpaired) electrons. The van der Waals surface area contributed by atoms with E-state index in [4.69, 9.17) is 12.6 Å². The molecule has 17 heavy (non-hydrogen) atoms. The first kappa shape index (κ1) is 13.8. The van der Waals surface area contributed by atoms with Crippen LogP contribution < -0.4 is 0 Å². The van der Waals surface area contributed by atoms with Crippen LogP contribution in [0.5, 0.6) is 0 Å². The van der Waals surface area contributed by atoms with Gasteiger partial charge >= 0.3 is 0 Å². The van der Waals surface area contributed by atoms with Crippen LogP contribution in [0.15, 0.2) is 0 Å². The molecule has 3 unspecified atom stereocenters. The van der Waals surface area contributed by atoms with Gasteiger partial charge in [0.2, 0.25) is 0 Å². The third kappa shape index (κ3) is 3.22. The Morgan fingerprint density at radius 3 is 1.88 bits per heavy atom. The van der Waals surface area contributed by atoms with Crippen LogP contribution in [0.4, 0.5) is 0 Å². The second kappa shape index (κ2) is 6.50. The molecule has 2 rings (SSSR count). The van der Waals surface area contributed by atoms with E-state index in [2.05, 4.69) is 13.8 Å². The van der Waals surface area contributed by atoms with Crippen molar-refractivity contribution in [3.8, 4) is 0 Å². The first-order valence-electron chi connectivity index (χ1n) is 7.92. The first-order valence-corrected chi connectivity index (χ1v) is 8.43. The van der Waals surface area contributed by atoms with Gasteiger partial charge in [-0.05, 0) is 30.1 Å². The zero-order valence-electron chi connectivity index (χ0n) is 11.7. The van der Waals surface area contributed by atoms with Gasteiger partial charge in [0.1, 0.15) is 0 Å². The molecule has 0 saturated heterocycles. The highest BCUT2D eigenvalue weighted by Gasteiger charge is 2.37. The van der Waals surface area contributed by atoms with E-state index in [-0.39, 0.29) is 0 Å². The van der Waals surface area contributed by atoms with E-state index in [9.17, 15) is 0 Å². The Hall–Kier alpha value is 0.350. The van der Waals surface area contributed by atoms with Crippen LogP contribution in [0.2, 0.25) is 0 Å². The van der Waals surface area contributed by atoms with Crippen molar-refractivity contribution in [2.24, 2.45) is 23.7 Å². The van der Waals surface area contributed by atoms with Crippen LogP contribution in [0, 0.1) is 23.7 Å². The molecule has 2 fully saturated rings. The number of hydrogen-bond donors (Lipinski definition) is 1. The predicted molar refractivity (Wildman–Crippen MR) is 79.6 cm³/mol. The lowest BCUT2D eigenvalue weighted by molar-refractivity contribution is 0.173. The molecule has 0 N–H and O–H groups in total. The van der Waals surface area contributed by atoms with Crippen molar-refractivity contribution in [2.75, 3.05) is 0 Å². The number of rotatable bonds is 5. The van der Waals surface area contributed by atoms with Crippen molar-refractivity contribution in [3.63, 3.8) is 0 Å². The van der Waals surface area contributed by atoms with Gasteiger partial charge in [0.15, 0.2) is 0 Å². The number of thiol groups is 1. The second-order valence-corrected chi connectivity index (χ2v) is 7.16. The summed E-state index contributed by atoms with van der Waals surface area (Å²) in [6, 6.07) is 0. The van der Waals surface area contributed by atoms with E-state index in [1.165, 1.54) is 57.8 Å². The van der Waals surface area contributed by atoms with Crippen molar-refractivity contribution in [2.45, 2.75) is 76.9 Å². The van der Waals surface area contributed by atoms with Gasteiger partial charge in [0.05, 0.1) is 0 Å². The Kier molecular flexibility index (Phi) is 5.26. The van der Waals surface area contributed by atoms with E-state index in [0.29, 0.717) is 5.25 Å². The first-order chi connectivity index (χ1) is 8.24. The van der Waals surface area contributed by atoms with Gasteiger partial charge < -0.3 is 0 Å². The molecule has 0 heterocycles. The molecule has 0 aliphatic heterocycles. The standard InChI is InChI=1S/C16H30S/c1-3-15(17)16(14-10-6-7-11-14)12(2)13-8-4-5-9-13/h12-17H,3-11H2,1-2H3. The molecule has 0 aromatic rings. The van der Waals surface area contributed by atoms with Gasteiger partial charge in [0, 0.05) is 5.25 Å². The van der Waals surface area contributed by atoms with Crippen LogP contribution in [0.1, 0.15) is 71.6 Å². The fourth-order valence-electron chi connectivity index (χ4n) is 4.51. The van der Waals surface area contributed by atoms with E-state index in [1.807, 2.05) is 0 Å². The normalized spacial score (nSPS) is 28.4. The molecule has 0 spiro atoms. The van der Waals surface area contributed by atoms with Crippen molar-refractivity contribution < 1.29 is 0 Å². The summed E-state index contributed by atoms with van der Waals surface area (Å²) in [4.78, 5) is 0. The van der Waals surface area contributed by atoms with Crippen molar-refractivity contribution >= 4 is 12.6 Å². The van der Waals surface area contributed by atoms with Crippen molar-refractivity contribution in [3.05, 3.63) is 0 Å². The maximum Gasteiger partial charge on any atom is 0.00477 e. The molecule has 0 nitrogen and oxygen atoms in total. The molecule has 3 atom stereocenters. The quantitative estimate of drug-likeness (QED) is 0.630. The maximum absolute atomic E-state index is 4.93. The Morgan fingerprint density at radius 2 is 1.41 bits per heavy atom. The van der Waals surface area contributed by atoms with Gasteiger partial charge in [-0.2, -0.15) is 12.6 Å². The number of hydrogen-bond acceptors (Lipinski definition) is 1. The monoisotopic (exact) mass is 254 g/mol. The topological polar surface area (TPSA) is 0 Å². The summed E-state index contributed by atoms with van der Waals surface area (Å²) in [6.45, 7) is 4.86. The Morgan fingerprint density at radius 1 is 0.941 bits per heavy atom. The average molecular weight is 254 g/mol. The summed E-state index contributed by atoms with van der Waals surface area (Å²) in [7, 11) is 0. The molecular formula is C16H30S. The zero-order valence-corrected chi connectivity index (χ0v) is 12.6. The fraction of sp³-hybridized carbons (Fsp3) is 1.00. The Balaban J connectivity index is 2.02. The summed E-state index contributed by atoms with van der Waals surface area (Å²) < 4.78 is 0. The molecule has 2 aliphatic carbocycles. The molecule has 0 bridgehead atoms. The highest BCUT2D eigenvalue weighted by molar-refractivity contribution is 7.81. The van der Waals surface area contributed by atoms with Crippen molar-refractivity contribution in [1.29, 1.82) is 0 Å². The molecule has 2 aliphatic rings. The summed E-state index contributed by atoms with van der Waals surface area (Å²) in [5.74, 6) is 3.83. The van der Waals surface area contributed by atoms with Crippen LogP contribution in [0.3, 0.4) is 0 Å². The third-order valence-corrected chi connectivity index (χ3v) is 6.27. The molecular weight excluding hydrogens is 224 g/mol. The van der Waals surface area contributed by atoms with Gasteiger partial charge in [-0.3, -0.25) is 0 Å². The van der Waals surface area contributed by atoms with Crippen molar-refractivity contribution in [1.82, 2.24) is 0 Å². The van der Waals surface area contributed by atoms with E-state index >= 15 is 0 Å². The highest BCUT2D eigenvalue weighted by Crippen LogP contribution is 2.45. The maximum atomic E-state index is 4.93. The fourth-order valence-corrected chi connectivity index (χ4v) is 5.02. The molecule has 0 aromatic carbocycles. The van der Waals surface area contributed by atoms with Gasteiger partial charge in [0.25, 0.3) is 0 Å². The van der Waals surface area contributed by atoms with E-state index in [1.54, 1.807) is 0 Å². The summed E-state index contributed by atoms with van der Waals surface area (Å²) in [5, 5.41) is 0.647. The largest absolute Gasteiger partial charge is 0.176 e.